The van der Waals surface area contributed by atoms with Crippen LogP contribution in [0.3, 0.4) is 0 Å². The van der Waals surface area contributed by atoms with E-state index in [9.17, 15) is 4.79 Å². The van der Waals surface area contributed by atoms with Gasteiger partial charge in [0.05, 0.1) is 5.92 Å². The van der Waals surface area contributed by atoms with Gasteiger partial charge < -0.3 is 10.3 Å². The molecule has 8 heavy (non-hydrogen) atoms. The Kier molecular flexibility index (Phi) is 3.14. The van der Waals surface area contributed by atoms with Crippen LogP contribution in [0.15, 0.2) is 0 Å². The number of aliphatic carboxylic acids is 1. The SMILES string of the molecule is CC(CNO)C(=O)O. The molecule has 0 amide bonds. The summed E-state index contributed by atoms with van der Waals surface area (Å²) in [7, 11) is 0. The van der Waals surface area contributed by atoms with E-state index in [1.807, 2.05) is 0 Å². The first-order chi connectivity index (χ1) is 3.68. The third-order valence-corrected chi connectivity index (χ3v) is 0.819. The van der Waals surface area contributed by atoms with Gasteiger partial charge in [-0.1, -0.05) is 6.92 Å². The van der Waals surface area contributed by atoms with Crippen molar-refractivity contribution in [2.24, 2.45) is 5.92 Å². The van der Waals surface area contributed by atoms with Gasteiger partial charge in [0.1, 0.15) is 0 Å². The van der Waals surface area contributed by atoms with Crippen molar-refractivity contribution in [2.45, 2.75) is 6.92 Å². The van der Waals surface area contributed by atoms with Crippen LogP contribution in [-0.4, -0.2) is 22.8 Å². The molecule has 0 heterocycles. The molecule has 0 aromatic rings. The largest absolute Gasteiger partial charge is 0.481 e. The average molecular weight is 119 g/mol. The molecule has 1 unspecified atom stereocenters. The van der Waals surface area contributed by atoms with Gasteiger partial charge in [0, 0.05) is 6.54 Å². The van der Waals surface area contributed by atoms with Crippen LogP contribution in [0.4, 0.5) is 0 Å². The molecule has 0 saturated carbocycles. The molecule has 0 aliphatic rings. The lowest BCUT2D eigenvalue weighted by Gasteiger charge is -2.00. The first kappa shape index (κ1) is 7.39. The minimum absolute atomic E-state index is 0.0926. The summed E-state index contributed by atoms with van der Waals surface area (Å²) < 4.78 is 0. The van der Waals surface area contributed by atoms with E-state index in [0.717, 1.165) is 0 Å². The summed E-state index contributed by atoms with van der Waals surface area (Å²) in [5, 5.41) is 16.1. The maximum atomic E-state index is 9.94. The van der Waals surface area contributed by atoms with E-state index in [2.05, 4.69) is 0 Å². The highest BCUT2D eigenvalue weighted by Gasteiger charge is 2.07. The molecule has 48 valence electrons. The average Bonchev–Trinajstić information content (AvgIpc) is 1.67. The molecule has 0 aliphatic carbocycles. The molecule has 4 nitrogen and oxygen atoms in total. The molecular weight excluding hydrogens is 110 g/mol. The zero-order chi connectivity index (χ0) is 6.57. The molecule has 0 fully saturated rings. The molecule has 0 spiro atoms. The monoisotopic (exact) mass is 119 g/mol. The van der Waals surface area contributed by atoms with E-state index in [0.29, 0.717) is 0 Å². The van der Waals surface area contributed by atoms with Crippen molar-refractivity contribution in [1.82, 2.24) is 5.48 Å². The number of hydrogen-bond acceptors (Lipinski definition) is 3. The van der Waals surface area contributed by atoms with E-state index in [1.165, 1.54) is 6.92 Å². The molecule has 0 rings (SSSR count). The molecule has 0 bridgehead atoms. The Labute approximate surface area is 47.1 Å². The van der Waals surface area contributed by atoms with Crippen LogP contribution >= 0.6 is 0 Å². The standard InChI is InChI=1S/C4H9NO3/c1-3(2-5-8)4(6)7/h3,5,8H,2H2,1H3,(H,6,7). The van der Waals surface area contributed by atoms with Crippen LogP contribution in [0.5, 0.6) is 0 Å². The lowest BCUT2D eigenvalue weighted by atomic mass is 10.2. The Morgan fingerprint density at radius 2 is 2.38 bits per heavy atom. The molecule has 0 aromatic carbocycles. The Bertz CT molecular complexity index is 83.4. The molecule has 0 radical (unpaired) electrons. The predicted octanol–water partition coefficient (Wildman–Crippen LogP) is -0.314. The topological polar surface area (TPSA) is 69.6 Å². The number of rotatable bonds is 3. The zero-order valence-electron chi connectivity index (χ0n) is 4.59. The highest BCUT2D eigenvalue weighted by Crippen LogP contribution is 1.89. The summed E-state index contributed by atoms with van der Waals surface area (Å²) in [6.45, 7) is 1.60. The molecule has 4 heteroatoms. The number of carboxylic acids is 1. The summed E-state index contributed by atoms with van der Waals surface area (Å²) in [4.78, 5) is 9.94. The maximum Gasteiger partial charge on any atom is 0.307 e. The normalized spacial score (nSPS) is 13.2. The van der Waals surface area contributed by atoms with Crippen LogP contribution in [0.2, 0.25) is 0 Å². The summed E-state index contributed by atoms with van der Waals surface area (Å²) in [5.74, 6) is -1.44. The number of carboxylic acid groups (broad SMARTS) is 1. The van der Waals surface area contributed by atoms with Gasteiger partial charge in [0.2, 0.25) is 0 Å². The lowest BCUT2D eigenvalue weighted by Crippen LogP contribution is -2.23. The highest BCUT2D eigenvalue weighted by molar-refractivity contribution is 5.69. The van der Waals surface area contributed by atoms with Crippen molar-refractivity contribution in [1.29, 1.82) is 0 Å². The smallest absolute Gasteiger partial charge is 0.307 e. The fourth-order valence-electron chi connectivity index (χ4n) is 0.224. The van der Waals surface area contributed by atoms with Crippen molar-refractivity contribution in [3.05, 3.63) is 0 Å². The number of carbonyl (C=O) groups is 1. The van der Waals surface area contributed by atoms with Gasteiger partial charge in [-0.05, 0) is 0 Å². The van der Waals surface area contributed by atoms with Gasteiger partial charge in [0.15, 0.2) is 0 Å². The van der Waals surface area contributed by atoms with E-state index in [4.69, 9.17) is 10.3 Å². The number of hydrogen-bond donors (Lipinski definition) is 3. The third kappa shape index (κ3) is 2.54. The van der Waals surface area contributed by atoms with Gasteiger partial charge in [-0.25, -0.2) is 5.48 Å². The van der Waals surface area contributed by atoms with Crippen LogP contribution in [-0.2, 0) is 4.79 Å². The van der Waals surface area contributed by atoms with Crippen LogP contribution in [0.1, 0.15) is 6.92 Å². The van der Waals surface area contributed by atoms with E-state index >= 15 is 0 Å². The first-order valence-corrected chi connectivity index (χ1v) is 2.28. The summed E-state index contributed by atoms with van der Waals surface area (Å²) in [5.41, 5.74) is 1.77. The van der Waals surface area contributed by atoms with Gasteiger partial charge >= 0.3 is 5.97 Å². The Morgan fingerprint density at radius 3 is 2.50 bits per heavy atom. The second-order valence-corrected chi connectivity index (χ2v) is 1.60. The summed E-state index contributed by atoms with van der Waals surface area (Å²) in [6.07, 6.45) is 0. The Balaban J connectivity index is 3.32. The molecule has 3 N–H and O–H groups in total. The lowest BCUT2D eigenvalue weighted by molar-refractivity contribution is -0.141. The van der Waals surface area contributed by atoms with Crippen LogP contribution in [0, 0.1) is 5.92 Å². The van der Waals surface area contributed by atoms with Crippen LogP contribution in [0.25, 0.3) is 0 Å². The van der Waals surface area contributed by atoms with E-state index in [1.54, 1.807) is 5.48 Å². The molecular formula is C4H9NO3. The minimum Gasteiger partial charge on any atom is -0.481 e. The number of hydroxylamine groups is 1. The fraction of sp³-hybridized carbons (Fsp3) is 0.750. The van der Waals surface area contributed by atoms with Crippen molar-refractivity contribution >= 4 is 5.97 Å². The van der Waals surface area contributed by atoms with Crippen molar-refractivity contribution in [3.8, 4) is 0 Å². The molecule has 0 aromatic heterocycles. The first-order valence-electron chi connectivity index (χ1n) is 2.28. The Morgan fingerprint density at radius 1 is 1.88 bits per heavy atom. The maximum absolute atomic E-state index is 9.94. The number of nitrogens with one attached hydrogen (secondary N) is 1. The fourth-order valence-corrected chi connectivity index (χ4v) is 0.224. The van der Waals surface area contributed by atoms with Gasteiger partial charge in [-0.2, -0.15) is 0 Å². The van der Waals surface area contributed by atoms with Gasteiger partial charge in [-0.15, -0.1) is 0 Å². The van der Waals surface area contributed by atoms with E-state index < -0.39 is 11.9 Å². The predicted molar refractivity (Wildman–Crippen MR) is 26.6 cm³/mol. The van der Waals surface area contributed by atoms with Crippen LogP contribution < -0.4 is 5.48 Å². The highest BCUT2D eigenvalue weighted by atomic mass is 16.5. The van der Waals surface area contributed by atoms with Gasteiger partial charge in [0.25, 0.3) is 0 Å². The molecule has 1 atom stereocenters. The summed E-state index contributed by atoms with van der Waals surface area (Å²) >= 11 is 0. The van der Waals surface area contributed by atoms with Gasteiger partial charge in [-0.3, -0.25) is 4.79 Å². The third-order valence-electron chi connectivity index (χ3n) is 0.819. The van der Waals surface area contributed by atoms with Crippen molar-refractivity contribution in [2.75, 3.05) is 6.54 Å². The minimum atomic E-state index is -0.911. The second-order valence-electron chi connectivity index (χ2n) is 1.60. The van der Waals surface area contributed by atoms with E-state index in [-0.39, 0.29) is 6.54 Å². The quantitative estimate of drug-likeness (QED) is 0.445. The zero-order valence-corrected chi connectivity index (χ0v) is 4.59. The van der Waals surface area contributed by atoms with Crippen molar-refractivity contribution < 1.29 is 15.1 Å². The summed E-state index contributed by atoms with van der Waals surface area (Å²) in [6, 6.07) is 0. The Hall–Kier alpha value is -0.610. The molecule has 0 saturated heterocycles. The second kappa shape index (κ2) is 3.40. The van der Waals surface area contributed by atoms with Crippen molar-refractivity contribution in [3.63, 3.8) is 0 Å². The molecule has 0 aliphatic heterocycles.